The first-order chi connectivity index (χ1) is 8.74. The van der Waals surface area contributed by atoms with Crippen LogP contribution in [-0.2, 0) is 4.74 Å². The van der Waals surface area contributed by atoms with Crippen LogP contribution in [0, 0.1) is 5.82 Å². The topological polar surface area (TPSA) is 35.5 Å². The third-order valence-electron chi connectivity index (χ3n) is 3.32. The lowest BCUT2D eigenvalue weighted by Crippen LogP contribution is -2.30. The highest BCUT2D eigenvalue weighted by atomic mass is 19.1. The highest BCUT2D eigenvalue weighted by molar-refractivity contribution is 5.79. The van der Waals surface area contributed by atoms with E-state index in [-0.39, 0.29) is 23.5 Å². The van der Waals surface area contributed by atoms with Crippen LogP contribution in [0.5, 0.6) is 5.75 Å². The molecule has 0 saturated heterocycles. The zero-order chi connectivity index (χ0) is 13.0. The Morgan fingerprint density at radius 1 is 1.33 bits per heavy atom. The van der Waals surface area contributed by atoms with Crippen LogP contribution in [-0.4, -0.2) is 25.6 Å². The fraction of sp³-hybridized carbons (Fsp3) is 0.500. The van der Waals surface area contributed by atoms with Gasteiger partial charge in [-0.15, -0.1) is 0 Å². The van der Waals surface area contributed by atoms with Crippen molar-refractivity contribution in [3.8, 4) is 5.75 Å². The van der Waals surface area contributed by atoms with Gasteiger partial charge in [0.15, 0.2) is 17.9 Å². The van der Waals surface area contributed by atoms with Gasteiger partial charge in [0.05, 0.1) is 11.7 Å². The van der Waals surface area contributed by atoms with E-state index in [2.05, 4.69) is 0 Å². The van der Waals surface area contributed by atoms with Crippen molar-refractivity contribution in [1.82, 2.24) is 0 Å². The van der Waals surface area contributed by atoms with Crippen LogP contribution in [0.3, 0.4) is 0 Å². The van der Waals surface area contributed by atoms with Gasteiger partial charge >= 0.3 is 0 Å². The van der Waals surface area contributed by atoms with Gasteiger partial charge in [-0.25, -0.2) is 4.39 Å². The Morgan fingerprint density at radius 3 is 2.83 bits per heavy atom. The van der Waals surface area contributed by atoms with E-state index in [1.807, 2.05) is 0 Å². The van der Waals surface area contributed by atoms with Gasteiger partial charge < -0.3 is 9.47 Å². The average Bonchev–Trinajstić information content (AvgIpc) is 2.41. The van der Waals surface area contributed by atoms with Crippen LogP contribution in [0.15, 0.2) is 18.2 Å². The molecule has 0 spiro atoms. The van der Waals surface area contributed by atoms with E-state index in [1.165, 1.54) is 12.1 Å². The summed E-state index contributed by atoms with van der Waals surface area (Å²) in [6, 6.07) is 4.37. The molecule has 0 aliphatic heterocycles. The zero-order valence-electron chi connectivity index (χ0n) is 10.4. The van der Waals surface area contributed by atoms with E-state index < -0.39 is 5.82 Å². The van der Waals surface area contributed by atoms with E-state index >= 15 is 0 Å². The molecule has 1 aromatic carbocycles. The summed E-state index contributed by atoms with van der Waals surface area (Å²) < 4.78 is 24.6. The van der Waals surface area contributed by atoms with Crippen LogP contribution >= 0.6 is 0 Å². The summed E-state index contributed by atoms with van der Waals surface area (Å²) in [7, 11) is 1.67. The minimum atomic E-state index is -0.487. The van der Waals surface area contributed by atoms with E-state index in [9.17, 15) is 9.18 Å². The van der Waals surface area contributed by atoms with Gasteiger partial charge in [-0.05, 0) is 31.4 Å². The summed E-state index contributed by atoms with van der Waals surface area (Å²) in [5.41, 5.74) is 0.259. The molecular formula is C14H17FO3. The van der Waals surface area contributed by atoms with Gasteiger partial charge in [0.1, 0.15) is 6.10 Å². The molecule has 2 atom stereocenters. The lowest BCUT2D eigenvalue weighted by atomic mass is 9.95. The van der Waals surface area contributed by atoms with Crippen LogP contribution in [0.4, 0.5) is 4.39 Å². The summed E-state index contributed by atoms with van der Waals surface area (Å²) >= 11 is 0. The molecular weight excluding hydrogens is 235 g/mol. The second-order valence-electron chi connectivity index (χ2n) is 4.54. The average molecular weight is 252 g/mol. The molecule has 0 heterocycles. The van der Waals surface area contributed by atoms with Gasteiger partial charge in [0.25, 0.3) is 0 Å². The number of methoxy groups -OCH3 is 1. The van der Waals surface area contributed by atoms with Crippen molar-refractivity contribution in [3.05, 3.63) is 29.6 Å². The molecule has 0 amide bonds. The number of benzene rings is 1. The smallest absolute Gasteiger partial charge is 0.165 e. The Morgan fingerprint density at radius 2 is 2.11 bits per heavy atom. The number of hydrogen-bond acceptors (Lipinski definition) is 3. The van der Waals surface area contributed by atoms with E-state index in [1.54, 1.807) is 13.2 Å². The van der Waals surface area contributed by atoms with Gasteiger partial charge in [0, 0.05) is 13.5 Å². The summed E-state index contributed by atoms with van der Waals surface area (Å²) in [6.07, 6.45) is 4.31. The number of carbonyl (C=O) groups is 1. The van der Waals surface area contributed by atoms with Crippen molar-refractivity contribution >= 4 is 6.29 Å². The second kappa shape index (κ2) is 5.96. The van der Waals surface area contributed by atoms with Crippen molar-refractivity contribution in [2.24, 2.45) is 0 Å². The van der Waals surface area contributed by atoms with Crippen molar-refractivity contribution in [3.63, 3.8) is 0 Å². The molecule has 1 aliphatic rings. The lowest BCUT2D eigenvalue weighted by Gasteiger charge is -2.29. The first-order valence-corrected chi connectivity index (χ1v) is 6.17. The zero-order valence-corrected chi connectivity index (χ0v) is 10.4. The molecule has 2 unspecified atom stereocenters. The minimum absolute atomic E-state index is 0.0641. The molecule has 1 fully saturated rings. The Labute approximate surface area is 106 Å². The quantitative estimate of drug-likeness (QED) is 0.773. The maximum Gasteiger partial charge on any atom is 0.165 e. The van der Waals surface area contributed by atoms with E-state index in [0.29, 0.717) is 6.29 Å². The minimum Gasteiger partial charge on any atom is -0.486 e. The van der Waals surface area contributed by atoms with Gasteiger partial charge in [-0.1, -0.05) is 6.07 Å². The third kappa shape index (κ3) is 2.88. The molecule has 18 heavy (non-hydrogen) atoms. The van der Waals surface area contributed by atoms with Crippen LogP contribution in [0.2, 0.25) is 0 Å². The SMILES string of the molecule is COC1CCCC(Oc2c(F)cccc2C=O)C1. The fourth-order valence-electron chi connectivity index (χ4n) is 2.33. The molecule has 0 aromatic heterocycles. The van der Waals surface area contributed by atoms with E-state index in [4.69, 9.17) is 9.47 Å². The lowest BCUT2D eigenvalue weighted by molar-refractivity contribution is 0.0195. The van der Waals surface area contributed by atoms with Gasteiger partial charge in [-0.3, -0.25) is 4.79 Å². The summed E-state index contributed by atoms with van der Waals surface area (Å²) in [6.45, 7) is 0. The number of halogens is 1. The molecule has 2 rings (SSSR count). The highest BCUT2D eigenvalue weighted by Crippen LogP contribution is 2.28. The van der Waals surface area contributed by atoms with Crippen molar-refractivity contribution in [2.75, 3.05) is 7.11 Å². The molecule has 0 N–H and O–H groups in total. The Balaban J connectivity index is 2.11. The molecule has 0 bridgehead atoms. The summed E-state index contributed by atoms with van der Waals surface area (Å²) in [4.78, 5) is 10.9. The van der Waals surface area contributed by atoms with Gasteiger partial charge in [-0.2, -0.15) is 0 Å². The standard InChI is InChI=1S/C14H17FO3/c1-17-11-5-3-6-12(8-11)18-14-10(9-16)4-2-7-13(14)15/h2,4,7,9,11-12H,3,5-6,8H2,1H3. The fourth-order valence-corrected chi connectivity index (χ4v) is 2.33. The highest BCUT2D eigenvalue weighted by Gasteiger charge is 2.24. The normalized spacial score (nSPS) is 23.7. The van der Waals surface area contributed by atoms with Crippen LogP contribution in [0.1, 0.15) is 36.0 Å². The number of aldehydes is 1. The maximum atomic E-state index is 13.7. The third-order valence-corrected chi connectivity index (χ3v) is 3.32. The Kier molecular flexibility index (Phi) is 4.31. The van der Waals surface area contributed by atoms with Crippen LogP contribution < -0.4 is 4.74 Å². The molecule has 1 aliphatic carbocycles. The molecule has 98 valence electrons. The number of rotatable bonds is 4. The first-order valence-electron chi connectivity index (χ1n) is 6.17. The van der Waals surface area contributed by atoms with Crippen molar-refractivity contribution in [1.29, 1.82) is 0 Å². The Bertz CT molecular complexity index is 420. The van der Waals surface area contributed by atoms with Crippen LogP contribution in [0.25, 0.3) is 0 Å². The molecule has 0 radical (unpaired) electrons. The number of ether oxygens (including phenoxy) is 2. The van der Waals surface area contributed by atoms with Crippen molar-refractivity contribution in [2.45, 2.75) is 37.9 Å². The summed E-state index contributed by atoms with van der Waals surface area (Å²) in [5.74, 6) is -0.423. The molecule has 1 saturated carbocycles. The maximum absolute atomic E-state index is 13.7. The first kappa shape index (κ1) is 13.0. The van der Waals surface area contributed by atoms with Crippen molar-refractivity contribution < 1.29 is 18.7 Å². The predicted molar refractivity (Wildman–Crippen MR) is 65.5 cm³/mol. The van der Waals surface area contributed by atoms with Gasteiger partial charge in [0.2, 0.25) is 0 Å². The monoisotopic (exact) mass is 252 g/mol. The number of hydrogen-bond donors (Lipinski definition) is 0. The molecule has 3 nitrogen and oxygen atoms in total. The number of carbonyl (C=O) groups excluding carboxylic acids is 1. The Hall–Kier alpha value is -1.42. The molecule has 4 heteroatoms. The second-order valence-corrected chi connectivity index (χ2v) is 4.54. The van der Waals surface area contributed by atoms with E-state index in [0.717, 1.165) is 25.7 Å². The molecule has 1 aromatic rings. The summed E-state index contributed by atoms with van der Waals surface area (Å²) in [5, 5.41) is 0. The number of para-hydroxylation sites is 1. The largest absolute Gasteiger partial charge is 0.486 e. The predicted octanol–water partition coefficient (Wildman–Crippen LogP) is 2.97.